The maximum absolute atomic E-state index is 12.5. The zero-order valence-corrected chi connectivity index (χ0v) is 12.6. The Kier molecular flexibility index (Phi) is 6.30. The van der Waals surface area contributed by atoms with E-state index in [1.54, 1.807) is 0 Å². The maximum atomic E-state index is 12.5. The summed E-state index contributed by atoms with van der Waals surface area (Å²) >= 11 is 0. The number of carbonyl (C=O) groups excluding carboxylic acids is 1. The van der Waals surface area contributed by atoms with Gasteiger partial charge in [-0.15, -0.1) is 0 Å². The van der Waals surface area contributed by atoms with E-state index in [0.717, 1.165) is 32.2 Å². The lowest BCUT2D eigenvalue weighted by Gasteiger charge is -2.32. The Hall–Kier alpha value is -0.610. The number of aliphatic hydroxyl groups is 1. The number of carbonyl (C=O) groups is 1. The van der Waals surface area contributed by atoms with E-state index >= 15 is 0 Å². The fourth-order valence-electron chi connectivity index (χ4n) is 3.87. The van der Waals surface area contributed by atoms with Gasteiger partial charge in [0.2, 0.25) is 5.91 Å². The molecule has 0 saturated heterocycles. The van der Waals surface area contributed by atoms with E-state index < -0.39 is 0 Å². The van der Waals surface area contributed by atoms with Crippen LogP contribution in [0.25, 0.3) is 0 Å². The molecule has 0 bridgehead atoms. The second-order valence-corrected chi connectivity index (χ2v) is 6.58. The minimum Gasteiger partial charge on any atom is -0.395 e. The molecule has 3 N–H and O–H groups in total. The van der Waals surface area contributed by atoms with Gasteiger partial charge in [-0.25, -0.2) is 0 Å². The summed E-state index contributed by atoms with van der Waals surface area (Å²) in [5.41, 5.74) is 5.72. The molecule has 0 aliphatic heterocycles. The lowest BCUT2D eigenvalue weighted by Crippen LogP contribution is -2.41. The number of hydrogen-bond acceptors (Lipinski definition) is 3. The van der Waals surface area contributed by atoms with Crippen molar-refractivity contribution in [3.63, 3.8) is 0 Å². The van der Waals surface area contributed by atoms with Gasteiger partial charge in [-0.1, -0.05) is 12.8 Å². The SMILES string of the molecule is NCC1CCC(CC(=O)N(CCO)C2CCCC2)CC1. The van der Waals surface area contributed by atoms with Crippen LogP contribution < -0.4 is 5.73 Å². The normalized spacial score (nSPS) is 27.7. The van der Waals surface area contributed by atoms with Crippen molar-refractivity contribution >= 4 is 5.91 Å². The van der Waals surface area contributed by atoms with Crippen LogP contribution in [0.4, 0.5) is 0 Å². The quantitative estimate of drug-likeness (QED) is 0.782. The minimum absolute atomic E-state index is 0.0855. The molecule has 2 fully saturated rings. The highest BCUT2D eigenvalue weighted by Gasteiger charge is 2.29. The zero-order valence-electron chi connectivity index (χ0n) is 12.6. The van der Waals surface area contributed by atoms with Crippen LogP contribution in [0, 0.1) is 11.8 Å². The average Bonchev–Trinajstić information content (AvgIpc) is 2.99. The van der Waals surface area contributed by atoms with Crippen LogP contribution in [-0.4, -0.2) is 41.7 Å². The van der Waals surface area contributed by atoms with Crippen molar-refractivity contribution in [2.24, 2.45) is 17.6 Å². The summed E-state index contributed by atoms with van der Waals surface area (Å²) in [5.74, 6) is 1.47. The van der Waals surface area contributed by atoms with E-state index in [1.165, 1.54) is 25.7 Å². The molecule has 0 radical (unpaired) electrons. The van der Waals surface area contributed by atoms with E-state index in [9.17, 15) is 9.90 Å². The molecule has 0 aromatic heterocycles. The number of nitrogens with zero attached hydrogens (tertiary/aromatic N) is 1. The summed E-state index contributed by atoms with van der Waals surface area (Å²) in [6.07, 6.45) is 10.0. The number of hydrogen-bond donors (Lipinski definition) is 2. The Bertz CT molecular complexity index is 295. The molecule has 20 heavy (non-hydrogen) atoms. The molecule has 0 unspecified atom stereocenters. The lowest BCUT2D eigenvalue weighted by atomic mass is 9.80. The van der Waals surface area contributed by atoms with Gasteiger partial charge >= 0.3 is 0 Å². The molecular weight excluding hydrogens is 252 g/mol. The Morgan fingerprint density at radius 3 is 2.20 bits per heavy atom. The zero-order chi connectivity index (χ0) is 14.4. The second kappa shape index (κ2) is 7.99. The molecule has 4 heteroatoms. The largest absolute Gasteiger partial charge is 0.395 e. The molecule has 4 nitrogen and oxygen atoms in total. The molecule has 0 heterocycles. The molecule has 116 valence electrons. The second-order valence-electron chi connectivity index (χ2n) is 6.58. The first kappa shape index (κ1) is 15.8. The molecule has 0 atom stereocenters. The predicted octanol–water partition coefficient (Wildman–Crippen LogP) is 1.91. The fourth-order valence-corrected chi connectivity index (χ4v) is 3.87. The van der Waals surface area contributed by atoms with Crippen molar-refractivity contribution in [3.05, 3.63) is 0 Å². The maximum Gasteiger partial charge on any atom is 0.223 e. The Morgan fingerprint density at radius 1 is 1.05 bits per heavy atom. The van der Waals surface area contributed by atoms with Gasteiger partial charge < -0.3 is 15.7 Å². The van der Waals surface area contributed by atoms with Crippen LogP contribution in [0.5, 0.6) is 0 Å². The van der Waals surface area contributed by atoms with E-state index in [-0.39, 0.29) is 12.5 Å². The van der Waals surface area contributed by atoms with Gasteiger partial charge in [0, 0.05) is 19.0 Å². The summed E-state index contributed by atoms with van der Waals surface area (Å²) in [6.45, 7) is 1.39. The monoisotopic (exact) mass is 282 g/mol. The Balaban J connectivity index is 1.82. The van der Waals surface area contributed by atoms with Crippen molar-refractivity contribution in [2.75, 3.05) is 19.7 Å². The smallest absolute Gasteiger partial charge is 0.223 e. The molecule has 0 spiro atoms. The third-order valence-electron chi connectivity index (χ3n) is 5.19. The fraction of sp³-hybridized carbons (Fsp3) is 0.938. The van der Waals surface area contributed by atoms with Crippen molar-refractivity contribution in [3.8, 4) is 0 Å². The predicted molar refractivity (Wildman–Crippen MR) is 80.2 cm³/mol. The summed E-state index contributed by atoms with van der Waals surface area (Å²) in [6, 6.07) is 0.384. The van der Waals surface area contributed by atoms with Crippen LogP contribution in [0.3, 0.4) is 0 Å². The highest BCUT2D eigenvalue weighted by atomic mass is 16.3. The first-order valence-corrected chi connectivity index (χ1v) is 8.35. The third-order valence-corrected chi connectivity index (χ3v) is 5.19. The van der Waals surface area contributed by atoms with E-state index in [2.05, 4.69) is 0 Å². The van der Waals surface area contributed by atoms with Crippen LogP contribution >= 0.6 is 0 Å². The third kappa shape index (κ3) is 4.19. The molecule has 2 rings (SSSR count). The van der Waals surface area contributed by atoms with E-state index in [0.29, 0.717) is 30.8 Å². The molecule has 0 aromatic carbocycles. The molecule has 2 saturated carbocycles. The minimum atomic E-state index is 0.0855. The van der Waals surface area contributed by atoms with Crippen LogP contribution in [-0.2, 0) is 4.79 Å². The summed E-state index contributed by atoms with van der Waals surface area (Å²) in [7, 11) is 0. The molecule has 1 amide bonds. The van der Waals surface area contributed by atoms with Crippen molar-refractivity contribution in [1.29, 1.82) is 0 Å². The van der Waals surface area contributed by atoms with Crippen molar-refractivity contribution < 1.29 is 9.90 Å². The van der Waals surface area contributed by atoms with E-state index in [1.807, 2.05) is 4.90 Å². The van der Waals surface area contributed by atoms with Crippen molar-refractivity contribution in [2.45, 2.75) is 63.8 Å². The highest BCUT2D eigenvalue weighted by Crippen LogP contribution is 2.31. The first-order valence-electron chi connectivity index (χ1n) is 8.35. The standard InChI is InChI=1S/C16H30N2O2/c17-12-14-7-5-13(6-8-14)11-16(20)18(9-10-19)15-3-1-2-4-15/h13-15,19H,1-12,17H2. The highest BCUT2D eigenvalue weighted by molar-refractivity contribution is 5.76. The van der Waals surface area contributed by atoms with E-state index in [4.69, 9.17) is 5.73 Å². The number of nitrogens with two attached hydrogens (primary N) is 1. The first-order chi connectivity index (χ1) is 9.74. The molecule has 2 aliphatic rings. The number of amides is 1. The van der Waals surface area contributed by atoms with Crippen LogP contribution in [0.1, 0.15) is 57.8 Å². The topological polar surface area (TPSA) is 66.6 Å². The van der Waals surface area contributed by atoms with Crippen molar-refractivity contribution in [1.82, 2.24) is 4.90 Å². The van der Waals surface area contributed by atoms with Crippen LogP contribution in [0.15, 0.2) is 0 Å². The molecule has 0 aromatic rings. The number of rotatable bonds is 6. The lowest BCUT2D eigenvalue weighted by molar-refractivity contribution is -0.135. The van der Waals surface area contributed by atoms with Crippen LogP contribution in [0.2, 0.25) is 0 Å². The van der Waals surface area contributed by atoms with Gasteiger partial charge in [-0.3, -0.25) is 4.79 Å². The van der Waals surface area contributed by atoms with Gasteiger partial charge in [-0.2, -0.15) is 0 Å². The van der Waals surface area contributed by atoms with Gasteiger partial charge in [0.15, 0.2) is 0 Å². The molecular formula is C16H30N2O2. The van der Waals surface area contributed by atoms with Gasteiger partial charge in [0.1, 0.15) is 0 Å². The number of aliphatic hydroxyl groups excluding tert-OH is 1. The Labute approximate surface area is 122 Å². The average molecular weight is 282 g/mol. The summed E-state index contributed by atoms with van der Waals surface area (Å²) < 4.78 is 0. The molecule has 2 aliphatic carbocycles. The van der Waals surface area contributed by atoms with Gasteiger partial charge in [-0.05, 0) is 56.9 Å². The Morgan fingerprint density at radius 2 is 1.65 bits per heavy atom. The van der Waals surface area contributed by atoms with Gasteiger partial charge in [0.05, 0.1) is 6.61 Å². The summed E-state index contributed by atoms with van der Waals surface area (Å²) in [4.78, 5) is 14.5. The summed E-state index contributed by atoms with van der Waals surface area (Å²) in [5, 5.41) is 9.21. The van der Waals surface area contributed by atoms with Gasteiger partial charge in [0.25, 0.3) is 0 Å².